The first kappa shape index (κ1) is 13.1. The minimum Gasteiger partial charge on any atom is -0.472 e. The normalized spacial score (nSPS) is 26.9. The topological polar surface area (TPSA) is 61.0 Å². The molecule has 0 amide bonds. The van der Waals surface area contributed by atoms with Crippen LogP contribution in [0.2, 0.25) is 0 Å². The summed E-state index contributed by atoms with van der Waals surface area (Å²) in [6.07, 6.45) is 4.04. The third-order valence-electron chi connectivity index (χ3n) is 3.36. The minimum atomic E-state index is -0.555. The Morgan fingerprint density at radius 3 is 2.83 bits per heavy atom. The van der Waals surface area contributed by atoms with Crippen molar-refractivity contribution in [3.05, 3.63) is 12.0 Å². The van der Waals surface area contributed by atoms with Crippen molar-refractivity contribution in [2.75, 3.05) is 5.73 Å². The highest BCUT2D eigenvalue weighted by Gasteiger charge is 2.33. The molecule has 2 N–H and O–H groups in total. The van der Waals surface area contributed by atoms with Gasteiger partial charge in [0.05, 0.1) is 6.20 Å². The fraction of sp³-hybridized carbons (Fsp3) is 0.692. The standard InChI is InChI=1S/C13H20FN3O/c1-8-4-9(6-13(2,3)5-8)18-11-10(14)7-16-12(15)17-11/h7-9H,4-6H2,1-3H3,(H2,15,16,17). The predicted molar refractivity (Wildman–Crippen MR) is 67.6 cm³/mol. The van der Waals surface area contributed by atoms with Gasteiger partial charge in [0.15, 0.2) is 0 Å². The van der Waals surface area contributed by atoms with Crippen molar-refractivity contribution in [2.24, 2.45) is 11.3 Å². The van der Waals surface area contributed by atoms with Crippen LogP contribution in [0.4, 0.5) is 10.3 Å². The van der Waals surface area contributed by atoms with Crippen LogP contribution in [0.1, 0.15) is 40.0 Å². The van der Waals surface area contributed by atoms with E-state index in [1.54, 1.807) is 0 Å². The lowest BCUT2D eigenvalue weighted by molar-refractivity contribution is 0.0503. The molecule has 1 saturated carbocycles. The maximum Gasteiger partial charge on any atom is 0.255 e. The molecule has 100 valence electrons. The van der Waals surface area contributed by atoms with Gasteiger partial charge >= 0.3 is 0 Å². The average Bonchev–Trinajstić information content (AvgIpc) is 2.20. The summed E-state index contributed by atoms with van der Waals surface area (Å²) in [5, 5.41) is 0. The Labute approximate surface area is 107 Å². The highest BCUT2D eigenvalue weighted by Crippen LogP contribution is 2.39. The molecule has 1 fully saturated rings. The van der Waals surface area contributed by atoms with E-state index in [-0.39, 0.29) is 23.3 Å². The van der Waals surface area contributed by atoms with Crippen LogP contribution in [0, 0.1) is 17.2 Å². The Hall–Kier alpha value is -1.39. The Morgan fingerprint density at radius 1 is 1.44 bits per heavy atom. The molecule has 0 spiro atoms. The van der Waals surface area contributed by atoms with Crippen LogP contribution in [0.25, 0.3) is 0 Å². The van der Waals surface area contributed by atoms with Crippen molar-refractivity contribution in [3.8, 4) is 5.88 Å². The summed E-state index contributed by atoms with van der Waals surface area (Å²) in [4.78, 5) is 7.40. The maximum absolute atomic E-state index is 13.5. The Bertz CT molecular complexity index is 436. The van der Waals surface area contributed by atoms with Gasteiger partial charge < -0.3 is 10.5 Å². The molecule has 1 aliphatic rings. The average molecular weight is 253 g/mol. The molecule has 4 nitrogen and oxygen atoms in total. The van der Waals surface area contributed by atoms with E-state index in [2.05, 4.69) is 30.7 Å². The Morgan fingerprint density at radius 2 is 2.17 bits per heavy atom. The number of halogens is 1. The van der Waals surface area contributed by atoms with Gasteiger partial charge in [-0.05, 0) is 30.6 Å². The predicted octanol–water partition coefficient (Wildman–Crippen LogP) is 2.79. The van der Waals surface area contributed by atoms with Gasteiger partial charge in [0.2, 0.25) is 11.8 Å². The fourth-order valence-corrected chi connectivity index (χ4v) is 2.95. The number of anilines is 1. The van der Waals surface area contributed by atoms with Crippen molar-refractivity contribution >= 4 is 5.95 Å². The molecule has 0 radical (unpaired) electrons. The van der Waals surface area contributed by atoms with Gasteiger partial charge in [-0.1, -0.05) is 20.8 Å². The number of aromatic nitrogens is 2. The molecule has 0 saturated heterocycles. The highest BCUT2D eigenvalue weighted by molar-refractivity contribution is 5.22. The van der Waals surface area contributed by atoms with Crippen molar-refractivity contribution < 1.29 is 9.13 Å². The number of hydrogen-bond acceptors (Lipinski definition) is 4. The van der Waals surface area contributed by atoms with Gasteiger partial charge in [-0.2, -0.15) is 9.37 Å². The zero-order valence-corrected chi connectivity index (χ0v) is 11.1. The minimum absolute atomic E-state index is 0.00690. The number of ether oxygens (including phenoxy) is 1. The molecule has 2 unspecified atom stereocenters. The van der Waals surface area contributed by atoms with Crippen molar-refractivity contribution in [1.82, 2.24) is 9.97 Å². The van der Waals surface area contributed by atoms with E-state index in [9.17, 15) is 4.39 Å². The summed E-state index contributed by atoms with van der Waals surface area (Å²) in [5.74, 6) is 0.0214. The number of rotatable bonds is 2. The third kappa shape index (κ3) is 3.09. The second-order valence-electron chi connectivity index (χ2n) is 6.03. The summed E-state index contributed by atoms with van der Waals surface area (Å²) in [6.45, 7) is 6.62. The SMILES string of the molecule is CC1CC(Oc2nc(N)ncc2F)CC(C)(C)C1. The Balaban J connectivity index is 2.11. The van der Waals surface area contributed by atoms with Gasteiger partial charge in [0.25, 0.3) is 5.88 Å². The fourth-order valence-electron chi connectivity index (χ4n) is 2.95. The smallest absolute Gasteiger partial charge is 0.255 e. The number of nitrogens with two attached hydrogens (primary N) is 1. The summed E-state index contributed by atoms with van der Waals surface area (Å²) in [7, 11) is 0. The van der Waals surface area contributed by atoms with Crippen LogP contribution in [-0.4, -0.2) is 16.1 Å². The molecule has 0 aliphatic heterocycles. The van der Waals surface area contributed by atoms with Crippen LogP contribution in [0.15, 0.2) is 6.20 Å². The zero-order valence-electron chi connectivity index (χ0n) is 11.1. The summed E-state index contributed by atoms with van der Waals surface area (Å²) in [6, 6.07) is 0. The first-order chi connectivity index (χ1) is 8.35. The molecular weight excluding hydrogens is 233 g/mol. The van der Waals surface area contributed by atoms with E-state index < -0.39 is 5.82 Å². The van der Waals surface area contributed by atoms with E-state index in [0.717, 1.165) is 19.0 Å². The van der Waals surface area contributed by atoms with Crippen LogP contribution < -0.4 is 10.5 Å². The molecule has 18 heavy (non-hydrogen) atoms. The first-order valence-electron chi connectivity index (χ1n) is 6.30. The molecule has 0 bridgehead atoms. The first-order valence-corrected chi connectivity index (χ1v) is 6.30. The van der Waals surface area contributed by atoms with Crippen LogP contribution in [-0.2, 0) is 0 Å². The second-order valence-corrected chi connectivity index (χ2v) is 6.03. The molecular formula is C13H20FN3O. The van der Waals surface area contributed by atoms with E-state index in [4.69, 9.17) is 10.5 Å². The number of nitrogen functional groups attached to an aromatic ring is 1. The van der Waals surface area contributed by atoms with E-state index >= 15 is 0 Å². The molecule has 1 aliphatic carbocycles. The maximum atomic E-state index is 13.5. The van der Waals surface area contributed by atoms with Crippen LogP contribution >= 0.6 is 0 Å². The summed E-state index contributed by atoms with van der Waals surface area (Å²) in [5.41, 5.74) is 5.66. The van der Waals surface area contributed by atoms with Gasteiger partial charge in [-0.15, -0.1) is 0 Å². The molecule has 1 aromatic rings. The third-order valence-corrected chi connectivity index (χ3v) is 3.36. The lowest BCUT2D eigenvalue weighted by Crippen LogP contribution is -2.34. The van der Waals surface area contributed by atoms with E-state index in [1.165, 1.54) is 6.42 Å². The van der Waals surface area contributed by atoms with Crippen molar-refractivity contribution in [1.29, 1.82) is 0 Å². The van der Waals surface area contributed by atoms with Crippen molar-refractivity contribution in [3.63, 3.8) is 0 Å². The highest BCUT2D eigenvalue weighted by atomic mass is 19.1. The lowest BCUT2D eigenvalue weighted by atomic mass is 9.71. The molecule has 5 heteroatoms. The van der Waals surface area contributed by atoms with Gasteiger partial charge in [-0.3, -0.25) is 0 Å². The van der Waals surface area contributed by atoms with Gasteiger partial charge in [-0.25, -0.2) is 4.98 Å². The largest absolute Gasteiger partial charge is 0.472 e. The molecule has 1 aromatic heterocycles. The van der Waals surface area contributed by atoms with E-state index in [1.807, 2.05) is 0 Å². The molecule has 1 heterocycles. The van der Waals surface area contributed by atoms with Gasteiger partial charge in [0, 0.05) is 0 Å². The van der Waals surface area contributed by atoms with Crippen LogP contribution in [0.3, 0.4) is 0 Å². The van der Waals surface area contributed by atoms with Gasteiger partial charge in [0.1, 0.15) is 6.10 Å². The van der Waals surface area contributed by atoms with E-state index in [0.29, 0.717) is 5.92 Å². The molecule has 2 rings (SSSR count). The summed E-state index contributed by atoms with van der Waals surface area (Å²) >= 11 is 0. The van der Waals surface area contributed by atoms with Crippen LogP contribution in [0.5, 0.6) is 5.88 Å². The second kappa shape index (κ2) is 4.71. The number of hydrogen-bond donors (Lipinski definition) is 1. The molecule has 0 aromatic carbocycles. The molecule has 2 atom stereocenters. The monoisotopic (exact) mass is 253 g/mol. The lowest BCUT2D eigenvalue weighted by Gasteiger charge is -2.38. The number of nitrogens with zero attached hydrogens (tertiary/aromatic N) is 2. The summed E-state index contributed by atoms with van der Waals surface area (Å²) < 4.78 is 19.2. The zero-order chi connectivity index (χ0) is 13.3. The van der Waals surface area contributed by atoms with Crippen molar-refractivity contribution in [2.45, 2.75) is 46.1 Å². The quantitative estimate of drug-likeness (QED) is 0.880. The Kier molecular flexibility index (Phi) is 3.41.